The Kier molecular flexibility index (Phi) is 4.06. The third-order valence-electron chi connectivity index (χ3n) is 3.89. The lowest BCUT2D eigenvalue weighted by molar-refractivity contribution is 0.0653. The van der Waals surface area contributed by atoms with E-state index in [1.807, 2.05) is 0 Å². The molecule has 5 heteroatoms. The summed E-state index contributed by atoms with van der Waals surface area (Å²) in [5, 5.41) is 10.5. The van der Waals surface area contributed by atoms with Gasteiger partial charge in [-0.05, 0) is 43.9 Å². The number of halogens is 1. The monoisotopic (exact) mass is 308 g/mol. The van der Waals surface area contributed by atoms with Gasteiger partial charge in [-0.1, -0.05) is 24.4 Å². The van der Waals surface area contributed by atoms with Crippen LogP contribution in [0.1, 0.15) is 49.1 Å². The predicted octanol–water partition coefficient (Wildman–Crippen LogP) is 4.89. The van der Waals surface area contributed by atoms with Crippen molar-refractivity contribution in [3.8, 4) is 5.75 Å². The van der Waals surface area contributed by atoms with E-state index in [0.29, 0.717) is 21.7 Å². The Morgan fingerprint density at radius 2 is 1.95 bits per heavy atom. The fourth-order valence-corrected chi connectivity index (χ4v) is 3.00. The molecule has 0 amide bonds. The van der Waals surface area contributed by atoms with Crippen LogP contribution >= 0.6 is 11.6 Å². The van der Waals surface area contributed by atoms with Crippen LogP contribution < -0.4 is 4.74 Å². The van der Waals surface area contributed by atoms with Gasteiger partial charge >= 0.3 is 5.97 Å². The van der Waals surface area contributed by atoms with Crippen LogP contribution in [0.25, 0.3) is 11.0 Å². The SMILES string of the molecule is O=C(O)c1oc2ccc(Cl)cc2c1OC1CCCCCC1. The number of hydrogen-bond donors (Lipinski definition) is 1. The molecule has 0 saturated heterocycles. The smallest absolute Gasteiger partial charge is 0.375 e. The number of carboxylic acid groups (broad SMARTS) is 1. The van der Waals surface area contributed by atoms with E-state index in [2.05, 4.69) is 0 Å². The zero-order chi connectivity index (χ0) is 14.8. The first-order valence-electron chi connectivity index (χ1n) is 7.27. The van der Waals surface area contributed by atoms with E-state index in [9.17, 15) is 9.90 Å². The lowest BCUT2D eigenvalue weighted by atomic mass is 10.1. The molecule has 1 aliphatic carbocycles. The standard InChI is InChI=1S/C16H17ClO4/c17-10-7-8-13-12(9-10)14(15(21-13)16(18)19)20-11-5-3-1-2-4-6-11/h7-9,11H,1-6H2,(H,18,19). The minimum absolute atomic E-state index is 0.0466. The topological polar surface area (TPSA) is 59.7 Å². The van der Waals surface area contributed by atoms with Gasteiger partial charge in [0.1, 0.15) is 5.58 Å². The summed E-state index contributed by atoms with van der Waals surface area (Å²) in [6.07, 6.45) is 6.60. The first-order chi connectivity index (χ1) is 10.1. The summed E-state index contributed by atoms with van der Waals surface area (Å²) in [4.78, 5) is 11.4. The normalized spacial score (nSPS) is 16.8. The number of hydrogen-bond acceptors (Lipinski definition) is 3. The lowest BCUT2D eigenvalue weighted by Gasteiger charge is -2.16. The molecule has 1 aliphatic rings. The minimum atomic E-state index is -1.12. The molecule has 0 aliphatic heterocycles. The van der Waals surface area contributed by atoms with Crippen molar-refractivity contribution in [3.05, 3.63) is 29.0 Å². The summed E-state index contributed by atoms with van der Waals surface area (Å²) < 4.78 is 11.4. The molecule has 1 aromatic carbocycles. The summed E-state index contributed by atoms with van der Waals surface area (Å²) in [7, 11) is 0. The van der Waals surface area contributed by atoms with E-state index >= 15 is 0 Å². The summed E-state index contributed by atoms with van der Waals surface area (Å²) in [5.74, 6) is -0.950. The molecule has 21 heavy (non-hydrogen) atoms. The quantitative estimate of drug-likeness (QED) is 0.820. The second-order valence-corrected chi connectivity index (χ2v) is 5.87. The maximum Gasteiger partial charge on any atom is 0.375 e. The van der Waals surface area contributed by atoms with Gasteiger partial charge in [-0.3, -0.25) is 0 Å². The van der Waals surface area contributed by atoms with Gasteiger partial charge in [-0.2, -0.15) is 0 Å². The number of carbonyl (C=O) groups is 1. The van der Waals surface area contributed by atoms with Crippen molar-refractivity contribution in [2.75, 3.05) is 0 Å². The molecular weight excluding hydrogens is 292 g/mol. The van der Waals surface area contributed by atoms with Gasteiger partial charge in [0.15, 0.2) is 5.75 Å². The van der Waals surface area contributed by atoms with Crippen molar-refractivity contribution >= 4 is 28.5 Å². The second kappa shape index (κ2) is 5.98. The Morgan fingerprint density at radius 1 is 1.24 bits per heavy atom. The zero-order valence-electron chi connectivity index (χ0n) is 11.6. The van der Waals surface area contributed by atoms with Gasteiger partial charge in [0.25, 0.3) is 5.76 Å². The van der Waals surface area contributed by atoms with Crippen LogP contribution in [0.2, 0.25) is 5.02 Å². The highest BCUT2D eigenvalue weighted by Gasteiger charge is 2.25. The van der Waals surface area contributed by atoms with Crippen molar-refractivity contribution in [1.29, 1.82) is 0 Å². The molecule has 0 spiro atoms. The number of benzene rings is 1. The summed E-state index contributed by atoms with van der Waals surface area (Å²) >= 11 is 6.00. The zero-order valence-corrected chi connectivity index (χ0v) is 12.4. The lowest BCUT2D eigenvalue weighted by Crippen LogP contribution is -2.16. The van der Waals surface area contributed by atoms with Crippen molar-refractivity contribution in [2.24, 2.45) is 0 Å². The van der Waals surface area contributed by atoms with Crippen molar-refractivity contribution < 1.29 is 19.1 Å². The Morgan fingerprint density at radius 3 is 2.62 bits per heavy atom. The van der Waals surface area contributed by atoms with Crippen molar-refractivity contribution in [2.45, 2.75) is 44.6 Å². The van der Waals surface area contributed by atoms with E-state index < -0.39 is 5.97 Å². The molecule has 1 heterocycles. The van der Waals surface area contributed by atoms with Crippen LogP contribution in [0.4, 0.5) is 0 Å². The maximum atomic E-state index is 11.4. The fraction of sp³-hybridized carbons (Fsp3) is 0.438. The van der Waals surface area contributed by atoms with Gasteiger partial charge in [0.2, 0.25) is 0 Å². The summed E-state index contributed by atoms with van der Waals surface area (Å²) in [6, 6.07) is 5.04. The van der Waals surface area contributed by atoms with E-state index in [1.165, 1.54) is 12.8 Å². The molecule has 1 N–H and O–H groups in total. The molecule has 1 aromatic heterocycles. The van der Waals surface area contributed by atoms with E-state index in [-0.39, 0.29) is 11.9 Å². The number of aromatic carboxylic acids is 1. The highest BCUT2D eigenvalue weighted by Crippen LogP contribution is 2.37. The first-order valence-corrected chi connectivity index (χ1v) is 7.65. The molecule has 0 unspecified atom stereocenters. The van der Waals surface area contributed by atoms with Crippen LogP contribution in [0, 0.1) is 0 Å². The molecule has 4 nitrogen and oxygen atoms in total. The number of carboxylic acids is 1. The molecule has 2 aromatic rings. The molecule has 0 bridgehead atoms. The van der Waals surface area contributed by atoms with E-state index in [0.717, 1.165) is 25.7 Å². The van der Waals surface area contributed by atoms with Gasteiger partial charge in [0.05, 0.1) is 11.5 Å². The Balaban J connectivity index is 1.99. The number of ether oxygens (including phenoxy) is 1. The van der Waals surface area contributed by atoms with Crippen LogP contribution in [-0.2, 0) is 0 Å². The van der Waals surface area contributed by atoms with Gasteiger partial charge in [-0.15, -0.1) is 0 Å². The largest absolute Gasteiger partial charge is 0.485 e. The first kappa shape index (κ1) is 14.3. The third kappa shape index (κ3) is 3.00. The number of rotatable bonds is 3. The minimum Gasteiger partial charge on any atom is -0.485 e. The summed E-state index contributed by atoms with van der Waals surface area (Å²) in [6.45, 7) is 0. The highest BCUT2D eigenvalue weighted by molar-refractivity contribution is 6.31. The Bertz CT molecular complexity index is 654. The average molecular weight is 309 g/mol. The van der Waals surface area contributed by atoms with E-state index in [4.69, 9.17) is 20.8 Å². The van der Waals surface area contributed by atoms with Gasteiger partial charge in [0, 0.05) is 5.02 Å². The van der Waals surface area contributed by atoms with Crippen LogP contribution in [-0.4, -0.2) is 17.2 Å². The molecule has 112 valence electrons. The number of fused-ring (bicyclic) bond motifs is 1. The molecular formula is C16H17ClO4. The molecule has 0 radical (unpaired) electrons. The van der Waals surface area contributed by atoms with Crippen molar-refractivity contribution in [1.82, 2.24) is 0 Å². The predicted molar refractivity (Wildman–Crippen MR) is 80.3 cm³/mol. The molecule has 3 rings (SSSR count). The van der Waals surface area contributed by atoms with Gasteiger partial charge < -0.3 is 14.3 Å². The Labute approximate surface area is 127 Å². The van der Waals surface area contributed by atoms with Crippen molar-refractivity contribution in [3.63, 3.8) is 0 Å². The van der Waals surface area contributed by atoms with Crippen LogP contribution in [0.15, 0.2) is 22.6 Å². The van der Waals surface area contributed by atoms with Crippen LogP contribution in [0.5, 0.6) is 5.75 Å². The second-order valence-electron chi connectivity index (χ2n) is 5.44. The van der Waals surface area contributed by atoms with E-state index in [1.54, 1.807) is 18.2 Å². The maximum absolute atomic E-state index is 11.4. The average Bonchev–Trinajstić information content (AvgIpc) is 2.63. The molecule has 1 saturated carbocycles. The number of furan rings is 1. The molecule has 0 atom stereocenters. The third-order valence-corrected chi connectivity index (χ3v) is 4.12. The van der Waals surface area contributed by atoms with Gasteiger partial charge in [-0.25, -0.2) is 4.79 Å². The fourth-order valence-electron chi connectivity index (χ4n) is 2.83. The Hall–Kier alpha value is -1.68. The molecule has 1 fully saturated rings. The summed E-state index contributed by atoms with van der Waals surface area (Å²) in [5.41, 5.74) is 0.487. The van der Waals surface area contributed by atoms with Crippen LogP contribution in [0.3, 0.4) is 0 Å². The highest BCUT2D eigenvalue weighted by atomic mass is 35.5.